The van der Waals surface area contributed by atoms with Crippen LogP contribution in [-0.4, -0.2) is 31.5 Å². The van der Waals surface area contributed by atoms with Crippen molar-refractivity contribution in [3.05, 3.63) is 29.8 Å². The third kappa shape index (κ3) is 2.77. The van der Waals surface area contributed by atoms with Gasteiger partial charge in [-0.2, -0.15) is 0 Å². The highest BCUT2D eigenvalue weighted by Crippen LogP contribution is 2.29. The highest BCUT2D eigenvalue weighted by molar-refractivity contribution is 5.27. The van der Waals surface area contributed by atoms with Crippen molar-refractivity contribution in [3.63, 3.8) is 0 Å². The van der Waals surface area contributed by atoms with Gasteiger partial charge >= 0.3 is 0 Å². The van der Waals surface area contributed by atoms with Crippen LogP contribution in [0.5, 0.6) is 5.75 Å². The first-order valence-electron chi connectivity index (χ1n) is 5.76. The molecule has 0 bridgehead atoms. The van der Waals surface area contributed by atoms with Crippen molar-refractivity contribution >= 4 is 0 Å². The minimum atomic E-state index is -0.394. The molecule has 1 heterocycles. The van der Waals surface area contributed by atoms with Gasteiger partial charge in [0.15, 0.2) is 6.29 Å². The summed E-state index contributed by atoms with van der Waals surface area (Å²) in [4.78, 5) is 0. The Kier molecular flexibility index (Phi) is 3.99. The largest absolute Gasteiger partial charge is 0.497 e. The topological polar surface area (TPSA) is 47.9 Å². The Morgan fingerprint density at radius 1 is 1.35 bits per heavy atom. The summed E-state index contributed by atoms with van der Waals surface area (Å²) < 4.78 is 16.4. The van der Waals surface area contributed by atoms with Crippen LogP contribution in [0.3, 0.4) is 0 Å². The molecular formula is C13H18O4. The van der Waals surface area contributed by atoms with E-state index in [4.69, 9.17) is 14.2 Å². The zero-order valence-electron chi connectivity index (χ0n) is 10.1. The van der Waals surface area contributed by atoms with E-state index in [0.717, 1.165) is 11.3 Å². The lowest BCUT2D eigenvalue weighted by molar-refractivity contribution is -0.245. The molecule has 1 aromatic rings. The fourth-order valence-corrected chi connectivity index (χ4v) is 1.84. The van der Waals surface area contributed by atoms with Gasteiger partial charge < -0.3 is 19.3 Å². The van der Waals surface area contributed by atoms with Crippen molar-refractivity contribution in [2.24, 2.45) is 5.92 Å². The summed E-state index contributed by atoms with van der Waals surface area (Å²) in [6.07, 6.45) is -0.551. The molecule has 0 radical (unpaired) electrons. The third-order valence-corrected chi connectivity index (χ3v) is 3.01. The monoisotopic (exact) mass is 238 g/mol. The predicted molar refractivity (Wildman–Crippen MR) is 62.8 cm³/mol. The first kappa shape index (κ1) is 12.4. The van der Waals surface area contributed by atoms with Crippen molar-refractivity contribution in [3.8, 4) is 5.75 Å². The smallest absolute Gasteiger partial charge is 0.184 e. The maximum atomic E-state index is 9.21. The molecule has 4 heteroatoms. The van der Waals surface area contributed by atoms with Crippen LogP contribution in [0.4, 0.5) is 0 Å². The Labute approximate surface area is 101 Å². The van der Waals surface area contributed by atoms with Crippen LogP contribution < -0.4 is 4.74 Å². The lowest BCUT2D eigenvalue weighted by Gasteiger charge is -2.34. The highest BCUT2D eigenvalue weighted by atomic mass is 16.7. The Morgan fingerprint density at radius 3 is 2.65 bits per heavy atom. The van der Waals surface area contributed by atoms with Crippen LogP contribution in [0.25, 0.3) is 0 Å². The molecule has 2 rings (SSSR count). The van der Waals surface area contributed by atoms with Gasteiger partial charge in [0.05, 0.1) is 26.4 Å². The molecule has 3 atom stereocenters. The molecular weight excluding hydrogens is 220 g/mol. The van der Waals surface area contributed by atoms with Crippen molar-refractivity contribution < 1.29 is 19.3 Å². The molecule has 1 saturated heterocycles. The maximum Gasteiger partial charge on any atom is 0.184 e. The maximum absolute atomic E-state index is 9.21. The standard InChI is InChI=1S/C13H18O4/c1-9-8-16-13(17-12(9)7-14)10-3-5-11(15-2)6-4-10/h3-6,9,12-14H,7-8H2,1-2H3/t9-,12+,13?/m0/s1. The number of hydrogen-bond acceptors (Lipinski definition) is 4. The number of hydrogen-bond donors (Lipinski definition) is 1. The summed E-state index contributed by atoms with van der Waals surface area (Å²) in [7, 11) is 1.63. The Balaban J connectivity index is 2.06. The molecule has 0 aliphatic carbocycles. The van der Waals surface area contributed by atoms with Gasteiger partial charge in [-0.25, -0.2) is 0 Å². The molecule has 0 spiro atoms. The molecule has 94 valence electrons. The second kappa shape index (κ2) is 5.49. The highest BCUT2D eigenvalue weighted by Gasteiger charge is 2.29. The molecule has 17 heavy (non-hydrogen) atoms. The van der Waals surface area contributed by atoms with E-state index in [1.807, 2.05) is 31.2 Å². The van der Waals surface area contributed by atoms with Crippen LogP contribution in [0, 0.1) is 5.92 Å². The van der Waals surface area contributed by atoms with E-state index in [2.05, 4.69) is 0 Å². The molecule has 0 saturated carbocycles. The molecule has 1 fully saturated rings. The van der Waals surface area contributed by atoms with E-state index >= 15 is 0 Å². The van der Waals surface area contributed by atoms with Crippen molar-refractivity contribution in [2.75, 3.05) is 20.3 Å². The van der Waals surface area contributed by atoms with Crippen LogP contribution in [0.15, 0.2) is 24.3 Å². The predicted octanol–water partition coefficient (Wildman–Crippen LogP) is 1.74. The van der Waals surface area contributed by atoms with Crippen LogP contribution >= 0.6 is 0 Å². The van der Waals surface area contributed by atoms with Crippen molar-refractivity contribution in [1.82, 2.24) is 0 Å². The Hall–Kier alpha value is -1.10. The molecule has 1 aromatic carbocycles. The first-order valence-corrected chi connectivity index (χ1v) is 5.76. The minimum absolute atomic E-state index is 0.0250. The summed E-state index contributed by atoms with van der Waals surface area (Å²) in [6, 6.07) is 7.56. The van der Waals surface area contributed by atoms with Gasteiger partial charge in [-0.1, -0.05) is 19.1 Å². The summed E-state index contributed by atoms with van der Waals surface area (Å²) >= 11 is 0. The first-order chi connectivity index (χ1) is 8.24. The SMILES string of the molecule is COc1ccc(C2OC[C@H](C)[C@@H](CO)O2)cc1. The lowest BCUT2D eigenvalue weighted by Crippen LogP contribution is -2.36. The van der Waals surface area contributed by atoms with E-state index in [0.29, 0.717) is 6.61 Å². The molecule has 0 amide bonds. The molecule has 1 N–H and O–H groups in total. The van der Waals surface area contributed by atoms with E-state index in [1.54, 1.807) is 7.11 Å². The second-order valence-electron chi connectivity index (χ2n) is 4.27. The van der Waals surface area contributed by atoms with Crippen LogP contribution in [0.2, 0.25) is 0 Å². The van der Waals surface area contributed by atoms with E-state index < -0.39 is 6.29 Å². The Morgan fingerprint density at radius 2 is 2.06 bits per heavy atom. The van der Waals surface area contributed by atoms with E-state index in [-0.39, 0.29) is 18.6 Å². The van der Waals surface area contributed by atoms with Gasteiger partial charge in [-0.05, 0) is 12.1 Å². The summed E-state index contributed by atoms with van der Waals surface area (Å²) in [6.45, 7) is 2.63. The van der Waals surface area contributed by atoms with Crippen LogP contribution in [-0.2, 0) is 9.47 Å². The molecule has 4 nitrogen and oxygen atoms in total. The molecule has 0 aromatic heterocycles. The number of ether oxygens (including phenoxy) is 3. The van der Waals surface area contributed by atoms with Gasteiger partial charge in [0.2, 0.25) is 0 Å². The zero-order valence-corrected chi connectivity index (χ0v) is 10.1. The minimum Gasteiger partial charge on any atom is -0.497 e. The third-order valence-electron chi connectivity index (χ3n) is 3.01. The lowest BCUT2D eigenvalue weighted by atomic mass is 10.0. The molecule has 1 unspecified atom stereocenters. The number of aliphatic hydroxyl groups excluding tert-OH is 1. The fraction of sp³-hybridized carbons (Fsp3) is 0.538. The summed E-state index contributed by atoms with van der Waals surface area (Å²) in [5.41, 5.74) is 0.941. The number of aliphatic hydroxyl groups is 1. The summed E-state index contributed by atoms with van der Waals surface area (Å²) in [5.74, 6) is 1.02. The van der Waals surface area contributed by atoms with Gasteiger partial charge in [-0.3, -0.25) is 0 Å². The van der Waals surface area contributed by atoms with Crippen molar-refractivity contribution in [2.45, 2.75) is 19.3 Å². The summed E-state index contributed by atoms with van der Waals surface area (Å²) in [5, 5.41) is 9.21. The van der Waals surface area contributed by atoms with Gasteiger partial charge in [-0.15, -0.1) is 0 Å². The molecule has 1 aliphatic heterocycles. The quantitative estimate of drug-likeness (QED) is 0.871. The van der Waals surface area contributed by atoms with E-state index in [9.17, 15) is 5.11 Å². The molecule has 1 aliphatic rings. The van der Waals surface area contributed by atoms with Gasteiger partial charge in [0.1, 0.15) is 5.75 Å². The number of methoxy groups -OCH3 is 1. The van der Waals surface area contributed by atoms with Crippen molar-refractivity contribution in [1.29, 1.82) is 0 Å². The van der Waals surface area contributed by atoms with Gasteiger partial charge in [0.25, 0.3) is 0 Å². The zero-order chi connectivity index (χ0) is 12.3. The average Bonchev–Trinajstić information content (AvgIpc) is 2.39. The second-order valence-corrected chi connectivity index (χ2v) is 4.27. The fourth-order valence-electron chi connectivity index (χ4n) is 1.84. The number of benzene rings is 1. The van der Waals surface area contributed by atoms with Gasteiger partial charge in [0, 0.05) is 11.5 Å². The van der Waals surface area contributed by atoms with E-state index in [1.165, 1.54) is 0 Å². The Bertz CT molecular complexity index is 349. The average molecular weight is 238 g/mol. The normalized spacial score (nSPS) is 29.0. The van der Waals surface area contributed by atoms with Crippen LogP contribution in [0.1, 0.15) is 18.8 Å². The number of rotatable bonds is 3.